The third-order valence-corrected chi connectivity index (χ3v) is 7.75. The first-order valence-corrected chi connectivity index (χ1v) is 14.3. The van der Waals surface area contributed by atoms with Gasteiger partial charge in [-0.15, -0.1) is 0 Å². The van der Waals surface area contributed by atoms with Gasteiger partial charge in [-0.3, -0.25) is 4.79 Å². The third kappa shape index (κ3) is 15.6. The largest absolute Gasteiger partial charge is 0.456 e. The van der Waals surface area contributed by atoms with E-state index in [0.29, 0.717) is 0 Å². The second-order valence-corrected chi connectivity index (χ2v) is 11.0. The Kier molecular flexibility index (Phi) is 17.0. The fraction of sp³-hybridized carbons (Fsp3) is 0.962. The van der Waals surface area contributed by atoms with Crippen molar-refractivity contribution in [2.75, 3.05) is 38.2 Å². The van der Waals surface area contributed by atoms with Crippen LogP contribution in [-0.4, -0.2) is 54.7 Å². The lowest BCUT2D eigenvalue weighted by Crippen LogP contribution is -2.48. The predicted molar refractivity (Wildman–Crippen MR) is 133 cm³/mol. The summed E-state index contributed by atoms with van der Waals surface area (Å²) in [7, 11) is 2.32. The highest BCUT2D eigenvalue weighted by molar-refractivity contribution is 7.99. The van der Waals surface area contributed by atoms with Gasteiger partial charge in [-0.05, 0) is 12.2 Å². The van der Waals surface area contributed by atoms with Crippen LogP contribution in [0, 0.1) is 0 Å². The number of hydrogen-bond donors (Lipinski definition) is 0. The van der Waals surface area contributed by atoms with Crippen LogP contribution in [-0.2, 0) is 9.53 Å². The first-order valence-electron chi connectivity index (χ1n) is 13.1. The van der Waals surface area contributed by atoms with Crippen molar-refractivity contribution in [1.82, 2.24) is 0 Å². The topological polar surface area (TPSA) is 26.3 Å². The maximum atomic E-state index is 11.5. The van der Waals surface area contributed by atoms with Gasteiger partial charge < -0.3 is 9.22 Å². The minimum absolute atomic E-state index is 0.0854. The van der Waals surface area contributed by atoms with Crippen molar-refractivity contribution in [1.29, 1.82) is 0 Å². The Morgan fingerprint density at radius 3 is 1.77 bits per heavy atom. The summed E-state index contributed by atoms with van der Waals surface area (Å²) >= 11 is 1.98. The van der Waals surface area contributed by atoms with E-state index in [1.165, 1.54) is 122 Å². The average molecular weight is 443 g/mol. The zero-order valence-electron chi connectivity index (χ0n) is 20.6. The summed E-state index contributed by atoms with van der Waals surface area (Å²) in [6.07, 6.45) is 22.5. The smallest absolute Gasteiger partial charge is 0.303 e. The molecule has 1 fully saturated rings. The summed E-state index contributed by atoms with van der Waals surface area (Å²) in [6, 6.07) is 0. The van der Waals surface area contributed by atoms with Gasteiger partial charge in [0.05, 0.1) is 20.1 Å². The Hall–Kier alpha value is -0.220. The maximum absolute atomic E-state index is 11.5. The molecule has 178 valence electrons. The second kappa shape index (κ2) is 18.4. The lowest BCUT2D eigenvalue weighted by Gasteiger charge is -2.32. The quantitative estimate of drug-likeness (QED) is 0.112. The van der Waals surface area contributed by atoms with Crippen LogP contribution in [0.3, 0.4) is 0 Å². The molecule has 0 amide bonds. The maximum Gasteiger partial charge on any atom is 0.303 e. The fourth-order valence-electron chi connectivity index (χ4n) is 4.75. The SMILES string of the molecule is CCCCCCCCCCCCCCCCSCC(C[N+]1(C)CCCC1)OC(C)=O. The predicted octanol–water partition coefficient (Wildman–Crippen LogP) is 7.37. The van der Waals surface area contributed by atoms with Crippen molar-refractivity contribution < 1.29 is 14.0 Å². The Balaban J connectivity index is 1.91. The monoisotopic (exact) mass is 442 g/mol. The summed E-state index contributed by atoms with van der Waals surface area (Å²) < 4.78 is 6.71. The number of likely N-dealkylation sites (tertiary alicyclic amines) is 1. The van der Waals surface area contributed by atoms with Crippen LogP contribution >= 0.6 is 11.8 Å². The van der Waals surface area contributed by atoms with E-state index in [0.717, 1.165) is 16.8 Å². The van der Waals surface area contributed by atoms with Gasteiger partial charge in [-0.2, -0.15) is 11.8 Å². The summed E-state index contributed by atoms with van der Waals surface area (Å²) in [5.74, 6) is 2.05. The number of thioether (sulfide) groups is 1. The number of carbonyl (C=O) groups is 1. The number of esters is 1. The third-order valence-electron chi connectivity index (χ3n) is 6.57. The standard InChI is InChI=1S/C26H52NO2S/c1-4-5-6-7-8-9-10-11-12-13-14-15-16-19-22-30-24-26(29-25(2)28)23-27(3)20-17-18-21-27/h26H,4-24H2,1-3H3/q+1. The Morgan fingerprint density at radius 1 is 0.833 bits per heavy atom. The number of hydrogen-bond acceptors (Lipinski definition) is 3. The zero-order valence-corrected chi connectivity index (χ0v) is 21.4. The molecular formula is C26H52NO2S+. The lowest BCUT2D eigenvalue weighted by atomic mass is 10.0. The molecule has 0 aromatic heterocycles. The highest BCUT2D eigenvalue weighted by atomic mass is 32.2. The van der Waals surface area contributed by atoms with Crippen LogP contribution in [0.5, 0.6) is 0 Å². The van der Waals surface area contributed by atoms with Crippen molar-refractivity contribution in [3.8, 4) is 0 Å². The lowest BCUT2D eigenvalue weighted by molar-refractivity contribution is -0.900. The molecule has 1 aliphatic heterocycles. The van der Waals surface area contributed by atoms with Gasteiger partial charge in [0.1, 0.15) is 6.54 Å². The van der Waals surface area contributed by atoms with E-state index in [2.05, 4.69) is 14.0 Å². The fourth-order valence-corrected chi connectivity index (χ4v) is 5.76. The molecule has 0 N–H and O–H groups in total. The number of likely N-dealkylation sites (N-methyl/N-ethyl adjacent to an activating group) is 1. The van der Waals surface area contributed by atoms with Gasteiger partial charge in [0.15, 0.2) is 6.10 Å². The molecule has 30 heavy (non-hydrogen) atoms. The van der Waals surface area contributed by atoms with Gasteiger partial charge in [0.2, 0.25) is 0 Å². The molecule has 0 spiro atoms. The molecule has 0 aromatic carbocycles. The van der Waals surface area contributed by atoms with E-state index in [-0.39, 0.29) is 12.1 Å². The van der Waals surface area contributed by atoms with E-state index in [1.807, 2.05) is 11.8 Å². The first kappa shape index (κ1) is 27.8. The molecule has 0 radical (unpaired) electrons. The van der Waals surface area contributed by atoms with Crippen LogP contribution in [0.15, 0.2) is 0 Å². The van der Waals surface area contributed by atoms with Crippen LogP contribution in [0.1, 0.15) is 117 Å². The van der Waals surface area contributed by atoms with E-state index in [4.69, 9.17) is 4.74 Å². The number of nitrogens with zero attached hydrogens (tertiary/aromatic N) is 1. The molecule has 1 heterocycles. The molecule has 1 unspecified atom stereocenters. The van der Waals surface area contributed by atoms with Crippen molar-refractivity contribution in [3.63, 3.8) is 0 Å². The Bertz CT molecular complexity index is 410. The van der Waals surface area contributed by atoms with Crippen LogP contribution in [0.4, 0.5) is 0 Å². The molecule has 1 saturated heterocycles. The summed E-state index contributed by atoms with van der Waals surface area (Å²) in [6.45, 7) is 7.31. The van der Waals surface area contributed by atoms with Gasteiger partial charge >= 0.3 is 5.97 Å². The van der Waals surface area contributed by atoms with E-state index >= 15 is 0 Å². The Labute approximate surface area is 192 Å². The zero-order chi connectivity index (χ0) is 21.9. The van der Waals surface area contributed by atoms with E-state index < -0.39 is 0 Å². The van der Waals surface area contributed by atoms with Crippen LogP contribution in [0.2, 0.25) is 0 Å². The van der Waals surface area contributed by atoms with Crippen molar-refractivity contribution >= 4 is 17.7 Å². The summed E-state index contributed by atoms with van der Waals surface area (Å²) in [4.78, 5) is 11.5. The second-order valence-electron chi connectivity index (χ2n) is 9.86. The Morgan fingerprint density at radius 2 is 1.30 bits per heavy atom. The van der Waals surface area contributed by atoms with Gasteiger partial charge in [-0.1, -0.05) is 90.4 Å². The molecular weight excluding hydrogens is 390 g/mol. The molecule has 0 saturated carbocycles. The number of ether oxygens (including phenoxy) is 1. The minimum Gasteiger partial charge on any atom is -0.456 e. The highest BCUT2D eigenvalue weighted by Crippen LogP contribution is 2.20. The van der Waals surface area contributed by atoms with Crippen molar-refractivity contribution in [2.24, 2.45) is 0 Å². The summed E-state index contributed by atoms with van der Waals surface area (Å²) in [5.41, 5.74) is 0. The molecule has 0 aliphatic carbocycles. The van der Waals surface area contributed by atoms with Gasteiger partial charge in [-0.25, -0.2) is 0 Å². The molecule has 3 nitrogen and oxygen atoms in total. The van der Waals surface area contributed by atoms with Crippen molar-refractivity contribution in [2.45, 2.75) is 123 Å². The van der Waals surface area contributed by atoms with Gasteiger partial charge in [0.25, 0.3) is 0 Å². The minimum atomic E-state index is -0.122. The van der Waals surface area contributed by atoms with Crippen LogP contribution in [0.25, 0.3) is 0 Å². The van der Waals surface area contributed by atoms with Gasteiger partial charge in [0, 0.05) is 25.5 Å². The van der Waals surface area contributed by atoms with Crippen molar-refractivity contribution in [3.05, 3.63) is 0 Å². The average Bonchev–Trinajstić information content (AvgIpc) is 3.13. The van der Waals surface area contributed by atoms with E-state index in [1.54, 1.807) is 6.92 Å². The number of unbranched alkanes of at least 4 members (excludes halogenated alkanes) is 13. The number of carbonyl (C=O) groups excluding carboxylic acids is 1. The molecule has 1 aliphatic rings. The molecule has 0 aromatic rings. The molecule has 0 bridgehead atoms. The summed E-state index contributed by atoms with van der Waals surface area (Å²) in [5, 5.41) is 0. The number of rotatable bonds is 20. The number of quaternary nitrogens is 1. The molecule has 4 heteroatoms. The van der Waals surface area contributed by atoms with Crippen LogP contribution < -0.4 is 0 Å². The first-order chi connectivity index (χ1) is 14.6. The highest BCUT2D eigenvalue weighted by Gasteiger charge is 2.31. The molecule has 1 atom stereocenters. The molecule has 1 rings (SSSR count). The van der Waals surface area contributed by atoms with E-state index in [9.17, 15) is 4.79 Å². The normalized spacial score (nSPS) is 16.6.